The Kier molecular flexibility index (Phi) is 2.92. The zero-order valence-corrected chi connectivity index (χ0v) is 9.08. The number of benzene rings is 1. The number of nitrogen functional groups attached to an aromatic ring is 1. The van der Waals surface area contributed by atoms with Crippen LogP contribution < -0.4 is 11.1 Å². The molecule has 1 aromatic heterocycles. The van der Waals surface area contributed by atoms with Crippen LogP contribution in [0.3, 0.4) is 0 Å². The molecule has 1 aromatic carbocycles. The number of non-ortho nitro benzene ring substituents is 1. The first kappa shape index (κ1) is 11.6. The summed E-state index contributed by atoms with van der Waals surface area (Å²) in [7, 11) is 0. The number of nitro groups is 1. The monoisotopic (exact) mass is 247 g/mol. The number of hydrogen-bond acceptors (Lipinski definition) is 5. The number of aromatic nitrogens is 2. The minimum absolute atomic E-state index is 0.100. The number of nitrogens with two attached hydrogens (primary N) is 1. The van der Waals surface area contributed by atoms with Gasteiger partial charge in [0.05, 0.1) is 11.1 Å². The van der Waals surface area contributed by atoms with Crippen LogP contribution in [-0.4, -0.2) is 20.8 Å². The first-order chi connectivity index (χ1) is 8.56. The summed E-state index contributed by atoms with van der Waals surface area (Å²) in [4.78, 5) is 28.0. The van der Waals surface area contributed by atoms with E-state index in [1.807, 2.05) is 0 Å². The average molecular weight is 247 g/mol. The van der Waals surface area contributed by atoms with Crippen LogP contribution in [0.15, 0.2) is 30.5 Å². The smallest absolute Gasteiger partial charge is 0.273 e. The molecule has 0 spiro atoms. The number of nitro benzene ring substituents is 1. The van der Waals surface area contributed by atoms with E-state index in [0.717, 1.165) is 0 Å². The second-order valence-corrected chi connectivity index (χ2v) is 3.44. The van der Waals surface area contributed by atoms with Crippen molar-refractivity contribution in [2.24, 2.45) is 0 Å². The summed E-state index contributed by atoms with van der Waals surface area (Å²) >= 11 is 0. The van der Waals surface area contributed by atoms with Gasteiger partial charge in [-0.3, -0.25) is 14.9 Å². The summed E-state index contributed by atoms with van der Waals surface area (Å²) in [5, 5.41) is 13.1. The van der Waals surface area contributed by atoms with Gasteiger partial charge in [0, 0.05) is 17.8 Å². The fraction of sp³-hybridized carbons (Fsp3) is 0. The predicted octanol–water partition coefficient (Wildman–Crippen LogP) is 1.15. The molecule has 1 amide bonds. The van der Waals surface area contributed by atoms with Crippen molar-refractivity contribution in [3.8, 4) is 0 Å². The van der Waals surface area contributed by atoms with Gasteiger partial charge in [0.25, 0.3) is 11.6 Å². The molecule has 0 atom stereocenters. The molecule has 0 saturated heterocycles. The molecule has 2 aromatic rings. The second kappa shape index (κ2) is 4.53. The number of carbonyl (C=O) groups is 1. The molecule has 0 aliphatic rings. The Morgan fingerprint density at radius 2 is 2.28 bits per heavy atom. The average Bonchev–Trinajstić information content (AvgIpc) is 2.76. The number of imidazole rings is 1. The van der Waals surface area contributed by atoms with Gasteiger partial charge in [-0.1, -0.05) is 6.07 Å². The quantitative estimate of drug-likeness (QED) is 0.553. The Labute approximate surface area is 101 Å². The predicted molar refractivity (Wildman–Crippen MR) is 64.0 cm³/mol. The lowest BCUT2D eigenvalue weighted by molar-refractivity contribution is -0.384. The van der Waals surface area contributed by atoms with Crippen LogP contribution in [0.1, 0.15) is 10.5 Å². The first-order valence-electron chi connectivity index (χ1n) is 4.92. The Balaban J connectivity index is 2.16. The molecule has 0 aliphatic carbocycles. The van der Waals surface area contributed by atoms with Crippen LogP contribution in [0.2, 0.25) is 0 Å². The standard InChI is InChI=1S/C10H9N5O3/c11-10-12-5-8(14-10)9(16)13-6-2-1-3-7(4-6)15(17)18/h1-5H,(H,13,16)(H3,11,12,14). The molecule has 0 unspecified atom stereocenters. The van der Waals surface area contributed by atoms with Crippen molar-refractivity contribution < 1.29 is 9.72 Å². The summed E-state index contributed by atoms with van der Waals surface area (Å²) in [6, 6.07) is 5.63. The third-order valence-electron chi connectivity index (χ3n) is 2.15. The Bertz CT molecular complexity index is 607. The number of hydrogen-bond donors (Lipinski definition) is 3. The van der Waals surface area contributed by atoms with Crippen LogP contribution in [-0.2, 0) is 0 Å². The summed E-state index contributed by atoms with van der Waals surface area (Å²) in [5.41, 5.74) is 5.74. The molecule has 2 rings (SSSR count). The van der Waals surface area contributed by atoms with Crippen molar-refractivity contribution in [2.45, 2.75) is 0 Å². The highest BCUT2D eigenvalue weighted by atomic mass is 16.6. The van der Waals surface area contributed by atoms with Crippen LogP contribution in [0.5, 0.6) is 0 Å². The van der Waals surface area contributed by atoms with Gasteiger partial charge in [0.2, 0.25) is 0 Å². The highest BCUT2D eigenvalue weighted by molar-refractivity contribution is 6.03. The summed E-state index contributed by atoms with van der Waals surface area (Å²) < 4.78 is 0. The normalized spacial score (nSPS) is 10.0. The molecule has 4 N–H and O–H groups in total. The summed E-state index contributed by atoms with van der Waals surface area (Å²) in [6.45, 7) is 0. The van der Waals surface area contributed by atoms with E-state index in [4.69, 9.17) is 5.73 Å². The summed E-state index contributed by atoms with van der Waals surface area (Å²) in [5.74, 6) is -0.348. The van der Waals surface area contributed by atoms with E-state index < -0.39 is 10.8 Å². The van der Waals surface area contributed by atoms with Crippen LogP contribution in [0.4, 0.5) is 17.3 Å². The largest absolute Gasteiger partial charge is 0.369 e. The van der Waals surface area contributed by atoms with Crippen molar-refractivity contribution in [1.29, 1.82) is 0 Å². The van der Waals surface area contributed by atoms with E-state index in [2.05, 4.69) is 15.3 Å². The minimum atomic E-state index is -0.538. The number of nitrogens with one attached hydrogen (secondary N) is 2. The molecule has 0 bridgehead atoms. The molecule has 0 fully saturated rings. The molecule has 0 aliphatic heterocycles. The molecule has 8 heteroatoms. The molecule has 8 nitrogen and oxygen atoms in total. The molecular formula is C10H9N5O3. The number of rotatable bonds is 3. The lowest BCUT2D eigenvalue weighted by atomic mass is 10.2. The van der Waals surface area contributed by atoms with Gasteiger partial charge in [-0.2, -0.15) is 0 Å². The minimum Gasteiger partial charge on any atom is -0.369 e. The third kappa shape index (κ3) is 2.43. The molecule has 0 radical (unpaired) electrons. The topological polar surface area (TPSA) is 127 Å². The molecule has 0 saturated carbocycles. The van der Waals surface area contributed by atoms with Gasteiger partial charge in [-0.05, 0) is 6.07 Å². The number of aromatic amines is 1. The highest BCUT2D eigenvalue weighted by Crippen LogP contribution is 2.17. The number of H-pyrrole nitrogens is 1. The van der Waals surface area contributed by atoms with Crippen LogP contribution in [0.25, 0.3) is 0 Å². The Hall–Kier alpha value is -2.90. The van der Waals surface area contributed by atoms with Crippen molar-refractivity contribution in [3.63, 3.8) is 0 Å². The van der Waals surface area contributed by atoms with Gasteiger partial charge in [-0.25, -0.2) is 4.98 Å². The zero-order chi connectivity index (χ0) is 13.1. The number of amides is 1. The van der Waals surface area contributed by atoms with E-state index in [9.17, 15) is 14.9 Å². The second-order valence-electron chi connectivity index (χ2n) is 3.44. The van der Waals surface area contributed by atoms with Gasteiger partial charge in [0.15, 0.2) is 5.95 Å². The fourth-order valence-electron chi connectivity index (χ4n) is 1.35. The van der Waals surface area contributed by atoms with E-state index in [-0.39, 0.29) is 17.3 Å². The third-order valence-corrected chi connectivity index (χ3v) is 2.15. The Morgan fingerprint density at radius 3 is 2.89 bits per heavy atom. The van der Waals surface area contributed by atoms with E-state index in [1.165, 1.54) is 24.4 Å². The van der Waals surface area contributed by atoms with E-state index in [1.54, 1.807) is 6.07 Å². The summed E-state index contributed by atoms with van der Waals surface area (Å²) in [6.07, 6.45) is 1.28. The number of nitrogens with zero attached hydrogens (tertiary/aromatic N) is 2. The lowest BCUT2D eigenvalue weighted by Gasteiger charge is -2.02. The maximum atomic E-state index is 11.7. The number of anilines is 2. The number of carbonyl (C=O) groups excluding carboxylic acids is 1. The molecule has 18 heavy (non-hydrogen) atoms. The molecular weight excluding hydrogens is 238 g/mol. The van der Waals surface area contributed by atoms with Gasteiger partial charge >= 0.3 is 0 Å². The Morgan fingerprint density at radius 1 is 1.50 bits per heavy atom. The highest BCUT2D eigenvalue weighted by Gasteiger charge is 2.11. The zero-order valence-electron chi connectivity index (χ0n) is 9.08. The van der Waals surface area contributed by atoms with Crippen LogP contribution in [0, 0.1) is 10.1 Å². The van der Waals surface area contributed by atoms with E-state index >= 15 is 0 Å². The molecule has 92 valence electrons. The van der Waals surface area contributed by atoms with Crippen molar-refractivity contribution >= 4 is 23.2 Å². The first-order valence-corrected chi connectivity index (χ1v) is 4.92. The van der Waals surface area contributed by atoms with Crippen molar-refractivity contribution in [3.05, 3.63) is 46.3 Å². The SMILES string of the molecule is Nc1ncc(C(=O)Nc2cccc([N+](=O)[O-])c2)[nH]1. The lowest BCUT2D eigenvalue weighted by Crippen LogP contribution is -2.12. The van der Waals surface area contributed by atoms with Crippen LogP contribution >= 0.6 is 0 Å². The fourth-order valence-corrected chi connectivity index (χ4v) is 1.35. The van der Waals surface area contributed by atoms with Crippen molar-refractivity contribution in [1.82, 2.24) is 9.97 Å². The molecule has 1 heterocycles. The maximum absolute atomic E-state index is 11.7. The van der Waals surface area contributed by atoms with Gasteiger partial charge in [-0.15, -0.1) is 0 Å². The van der Waals surface area contributed by atoms with Crippen molar-refractivity contribution in [2.75, 3.05) is 11.1 Å². The van der Waals surface area contributed by atoms with Gasteiger partial charge in [0.1, 0.15) is 5.69 Å². The maximum Gasteiger partial charge on any atom is 0.273 e. The van der Waals surface area contributed by atoms with Gasteiger partial charge < -0.3 is 16.0 Å². The van der Waals surface area contributed by atoms with E-state index in [0.29, 0.717) is 5.69 Å².